The number of anilines is 2. The van der Waals surface area contributed by atoms with Crippen LogP contribution in [0.5, 0.6) is 0 Å². The second kappa shape index (κ2) is 13.3. The quantitative estimate of drug-likeness (QED) is 0.204. The first-order chi connectivity index (χ1) is 21.3. The number of fused-ring (bicyclic) bond motifs is 1. The van der Waals surface area contributed by atoms with Gasteiger partial charge in [0.2, 0.25) is 11.9 Å². The zero-order valence-corrected chi connectivity index (χ0v) is 27.5. The van der Waals surface area contributed by atoms with Crippen molar-refractivity contribution in [3.8, 4) is 11.3 Å². The van der Waals surface area contributed by atoms with Crippen molar-refractivity contribution < 1.29 is 14.3 Å². The summed E-state index contributed by atoms with van der Waals surface area (Å²) >= 11 is 0. The van der Waals surface area contributed by atoms with Gasteiger partial charge in [0.25, 0.3) is 0 Å². The number of hydrogen-bond acceptors (Lipinski definition) is 7. The van der Waals surface area contributed by atoms with E-state index in [0.29, 0.717) is 18.2 Å². The van der Waals surface area contributed by atoms with Crippen LogP contribution in [0.1, 0.15) is 75.6 Å². The number of nitrogens with one attached hydrogen (secondary N) is 3. The van der Waals surface area contributed by atoms with E-state index < -0.39 is 5.60 Å². The molecule has 1 saturated carbocycles. The first-order valence-electron chi connectivity index (χ1n) is 15.8. The van der Waals surface area contributed by atoms with Crippen molar-refractivity contribution in [2.24, 2.45) is 7.05 Å². The molecule has 0 radical (unpaired) electrons. The standard InChI is InChI=1S/C35H45N7O3/c1-8-24-17-25(29-19-30(41-42(29)7)39-31(43)16-23-14-21(2)13-22(3)15-23)18-26-20-36-33(40-32(24)26)37-27-9-11-28(12-10-27)38-34(44)45-35(4,5)6/h13-15,17-20,27-28H,8-12,16H2,1-7H3,(H,38,44)(H,36,37,40)(H,39,41,43). The van der Waals surface area contributed by atoms with Crippen LogP contribution in [0.15, 0.2) is 42.6 Å². The Morgan fingerprint density at radius 1 is 0.978 bits per heavy atom. The maximum absolute atomic E-state index is 12.8. The smallest absolute Gasteiger partial charge is 0.407 e. The summed E-state index contributed by atoms with van der Waals surface area (Å²) in [6.45, 7) is 11.8. The van der Waals surface area contributed by atoms with Gasteiger partial charge in [-0.05, 0) is 90.0 Å². The molecule has 5 rings (SSSR count). The summed E-state index contributed by atoms with van der Waals surface area (Å²) in [5, 5.41) is 15.0. The highest BCUT2D eigenvalue weighted by Gasteiger charge is 2.25. The number of rotatable bonds is 8. The molecular formula is C35H45N7O3. The van der Waals surface area contributed by atoms with Gasteiger partial charge in [0, 0.05) is 42.3 Å². The minimum atomic E-state index is -0.506. The van der Waals surface area contributed by atoms with Gasteiger partial charge in [-0.15, -0.1) is 0 Å². The summed E-state index contributed by atoms with van der Waals surface area (Å²) in [7, 11) is 1.88. The van der Waals surface area contributed by atoms with Gasteiger partial charge in [-0.3, -0.25) is 9.48 Å². The Balaban J connectivity index is 1.24. The van der Waals surface area contributed by atoms with Crippen LogP contribution in [0.2, 0.25) is 0 Å². The van der Waals surface area contributed by atoms with Crippen LogP contribution >= 0.6 is 0 Å². The Morgan fingerprint density at radius 2 is 1.67 bits per heavy atom. The zero-order valence-electron chi connectivity index (χ0n) is 27.5. The van der Waals surface area contributed by atoms with E-state index in [0.717, 1.165) is 76.5 Å². The molecule has 0 saturated heterocycles. The van der Waals surface area contributed by atoms with E-state index in [4.69, 9.17) is 9.72 Å². The summed E-state index contributed by atoms with van der Waals surface area (Å²) < 4.78 is 7.19. The summed E-state index contributed by atoms with van der Waals surface area (Å²) in [5.74, 6) is 1.04. The summed E-state index contributed by atoms with van der Waals surface area (Å²) in [4.78, 5) is 34.5. The fraction of sp³-hybridized carbons (Fsp3) is 0.457. The molecule has 0 atom stereocenters. The number of hydrogen-bond donors (Lipinski definition) is 3. The van der Waals surface area contributed by atoms with Gasteiger partial charge in [0.05, 0.1) is 17.6 Å². The van der Waals surface area contributed by atoms with Gasteiger partial charge in [0.15, 0.2) is 5.82 Å². The van der Waals surface area contributed by atoms with Gasteiger partial charge in [-0.25, -0.2) is 14.8 Å². The number of carbonyl (C=O) groups excluding carboxylic acids is 2. The van der Waals surface area contributed by atoms with E-state index in [2.05, 4.69) is 51.2 Å². The van der Waals surface area contributed by atoms with E-state index in [1.807, 2.05) is 66.1 Å². The van der Waals surface area contributed by atoms with Crippen LogP contribution in [0.4, 0.5) is 16.6 Å². The van der Waals surface area contributed by atoms with Crippen LogP contribution < -0.4 is 16.0 Å². The van der Waals surface area contributed by atoms with E-state index in [1.165, 1.54) is 0 Å². The minimum Gasteiger partial charge on any atom is -0.444 e. The maximum Gasteiger partial charge on any atom is 0.407 e. The summed E-state index contributed by atoms with van der Waals surface area (Å²) in [6.07, 6.45) is 6.16. The molecule has 0 spiro atoms. The molecule has 1 fully saturated rings. The SMILES string of the molecule is CCc1cc(-c2cc(NC(=O)Cc3cc(C)cc(C)c3)nn2C)cc2cnc(NC3CCC(NC(=O)OC(C)(C)C)CC3)nc12. The van der Waals surface area contributed by atoms with Crippen molar-refractivity contribution in [1.82, 2.24) is 25.1 Å². The molecule has 0 unspecified atom stereocenters. The van der Waals surface area contributed by atoms with E-state index in [-0.39, 0.29) is 24.1 Å². The lowest BCUT2D eigenvalue weighted by Gasteiger charge is -2.30. The average molecular weight is 612 g/mol. The summed E-state index contributed by atoms with van der Waals surface area (Å²) in [6, 6.07) is 12.7. The van der Waals surface area contributed by atoms with Crippen LogP contribution in [0.3, 0.4) is 0 Å². The molecule has 2 heterocycles. The fourth-order valence-corrected chi connectivity index (χ4v) is 6.09. The highest BCUT2D eigenvalue weighted by molar-refractivity contribution is 5.92. The number of ether oxygens (including phenoxy) is 1. The molecule has 0 bridgehead atoms. The Kier molecular flexibility index (Phi) is 9.41. The lowest BCUT2D eigenvalue weighted by atomic mass is 9.91. The largest absolute Gasteiger partial charge is 0.444 e. The maximum atomic E-state index is 12.8. The van der Waals surface area contributed by atoms with Crippen molar-refractivity contribution in [2.45, 2.75) is 97.8 Å². The lowest BCUT2D eigenvalue weighted by Crippen LogP contribution is -2.42. The topological polar surface area (TPSA) is 123 Å². The molecule has 1 aliphatic rings. The number of aryl methyl sites for hydroxylation is 4. The van der Waals surface area contributed by atoms with Crippen molar-refractivity contribution in [1.29, 1.82) is 0 Å². The summed E-state index contributed by atoms with van der Waals surface area (Å²) in [5.41, 5.74) is 6.68. The van der Waals surface area contributed by atoms with Crippen molar-refractivity contribution in [2.75, 3.05) is 10.6 Å². The van der Waals surface area contributed by atoms with Crippen molar-refractivity contribution >= 4 is 34.7 Å². The predicted octanol–water partition coefficient (Wildman–Crippen LogP) is 6.64. The first-order valence-corrected chi connectivity index (χ1v) is 15.8. The van der Waals surface area contributed by atoms with E-state index in [1.54, 1.807) is 4.68 Å². The monoisotopic (exact) mass is 611 g/mol. The van der Waals surface area contributed by atoms with E-state index in [9.17, 15) is 9.59 Å². The molecule has 2 aromatic carbocycles. The molecule has 1 aliphatic carbocycles. The number of nitrogens with zero attached hydrogens (tertiary/aromatic N) is 4. The van der Waals surface area contributed by atoms with Crippen molar-refractivity contribution in [3.63, 3.8) is 0 Å². The Bertz CT molecular complexity index is 1680. The molecule has 238 valence electrons. The third-order valence-corrected chi connectivity index (χ3v) is 8.01. The van der Waals surface area contributed by atoms with Crippen LogP contribution in [0, 0.1) is 13.8 Å². The number of carbonyl (C=O) groups is 2. The van der Waals surface area contributed by atoms with Gasteiger partial charge in [0.1, 0.15) is 5.60 Å². The molecule has 10 nitrogen and oxygen atoms in total. The Labute approximate surface area is 265 Å². The van der Waals surface area contributed by atoms with Gasteiger partial charge in [-0.2, -0.15) is 5.10 Å². The third kappa shape index (κ3) is 8.38. The van der Waals surface area contributed by atoms with Crippen LogP contribution in [0.25, 0.3) is 22.2 Å². The molecule has 2 aromatic heterocycles. The molecule has 4 aromatic rings. The molecule has 2 amide bonds. The predicted molar refractivity (Wildman–Crippen MR) is 178 cm³/mol. The lowest BCUT2D eigenvalue weighted by molar-refractivity contribution is -0.115. The molecular weight excluding hydrogens is 566 g/mol. The number of amides is 2. The molecule has 0 aliphatic heterocycles. The molecule has 45 heavy (non-hydrogen) atoms. The molecule has 10 heteroatoms. The third-order valence-electron chi connectivity index (χ3n) is 8.01. The Morgan fingerprint density at radius 3 is 2.33 bits per heavy atom. The second-order valence-corrected chi connectivity index (χ2v) is 13.2. The number of alkyl carbamates (subject to hydrolysis) is 1. The number of benzene rings is 2. The van der Waals surface area contributed by atoms with Gasteiger partial charge in [-0.1, -0.05) is 36.2 Å². The normalized spacial score (nSPS) is 16.8. The minimum absolute atomic E-state index is 0.0985. The van der Waals surface area contributed by atoms with Crippen molar-refractivity contribution in [3.05, 3.63) is 64.8 Å². The van der Waals surface area contributed by atoms with Gasteiger partial charge >= 0.3 is 6.09 Å². The van der Waals surface area contributed by atoms with Crippen LogP contribution in [-0.4, -0.2) is 49.4 Å². The number of aromatic nitrogens is 4. The highest BCUT2D eigenvalue weighted by Crippen LogP contribution is 2.30. The first kappa shape index (κ1) is 31.9. The van der Waals surface area contributed by atoms with E-state index >= 15 is 0 Å². The molecule has 3 N–H and O–H groups in total. The highest BCUT2D eigenvalue weighted by atomic mass is 16.6. The average Bonchev–Trinajstić information content (AvgIpc) is 3.31. The fourth-order valence-electron chi connectivity index (χ4n) is 6.09. The second-order valence-electron chi connectivity index (χ2n) is 13.2. The van der Waals surface area contributed by atoms with Gasteiger partial charge < -0.3 is 20.7 Å². The van der Waals surface area contributed by atoms with Crippen LogP contribution in [-0.2, 0) is 29.4 Å². The Hall–Kier alpha value is -4.47. The zero-order chi connectivity index (χ0) is 32.3.